The number of anilines is 1. The molecule has 0 bridgehead atoms. The Kier molecular flexibility index (Phi) is 12.6. The molecule has 3 rings (SSSR count). The van der Waals surface area contributed by atoms with Crippen molar-refractivity contribution in [3.05, 3.63) is 87.4 Å². The predicted octanol–water partition coefficient (Wildman–Crippen LogP) is 6.96. The number of ether oxygens (including phenoxy) is 1. The van der Waals surface area contributed by atoms with Crippen LogP contribution in [0.2, 0.25) is 15.1 Å². The van der Waals surface area contributed by atoms with E-state index in [4.69, 9.17) is 39.5 Å². The van der Waals surface area contributed by atoms with Crippen molar-refractivity contribution >= 4 is 62.3 Å². The highest BCUT2D eigenvalue weighted by Crippen LogP contribution is 2.28. The summed E-state index contributed by atoms with van der Waals surface area (Å²) in [6.45, 7) is 7.32. The lowest BCUT2D eigenvalue weighted by Gasteiger charge is -2.33. The number of sulfonamides is 1. The SMILES string of the molecule is CCOc1ccc(N(CC(=O)N(Cc2ccc(Cl)c(Cl)c2)[C@@H](CC)C(=O)N[C@@H](C)CC)S(=O)(=O)c2ccc(Cl)cc2)cc1. The summed E-state index contributed by atoms with van der Waals surface area (Å²) in [6.07, 6.45) is 0.996. The number of amides is 2. The minimum absolute atomic E-state index is 0.000263. The summed E-state index contributed by atoms with van der Waals surface area (Å²) in [5.41, 5.74) is 0.879. The van der Waals surface area contributed by atoms with Crippen molar-refractivity contribution in [3.8, 4) is 5.75 Å². The molecular formula is C31H36Cl3N3O5S. The number of rotatable bonds is 14. The quantitative estimate of drug-likeness (QED) is 0.200. The molecule has 8 nitrogen and oxygen atoms in total. The topological polar surface area (TPSA) is 96.0 Å². The van der Waals surface area contributed by atoms with Gasteiger partial charge in [0.25, 0.3) is 10.0 Å². The highest BCUT2D eigenvalue weighted by atomic mass is 35.5. The van der Waals surface area contributed by atoms with Crippen LogP contribution in [0.25, 0.3) is 0 Å². The molecule has 0 fully saturated rings. The second kappa shape index (κ2) is 15.7. The van der Waals surface area contributed by atoms with Crippen molar-refractivity contribution in [1.82, 2.24) is 10.2 Å². The second-order valence-electron chi connectivity index (χ2n) is 9.90. The van der Waals surface area contributed by atoms with Gasteiger partial charge in [-0.2, -0.15) is 0 Å². The van der Waals surface area contributed by atoms with Gasteiger partial charge in [-0.05, 0) is 92.9 Å². The number of nitrogens with one attached hydrogen (secondary N) is 1. The third-order valence-electron chi connectivity index (χ3n) is 6.84. The zero-order valence-electron chi connectivity index (χ0n) is 24.5. The van der Waals surface area contributed by atoms with Gasteiger partial charge in [-0.25, -0.2) is 8.42 Å². The van der Waals surface area contributed by atoms with Crippen LogP contribution in [0.3, 0.4) is 0 Å². The Balaban J connectivity index is 2.08. The lowest BCUT2D eigenvalue weighted by Crippen LogP contribution is -2.53. The summed E-state index contributed by atoms with van der Waals surface area (Å²) in [4.78, 5) is 28.9. The first-order valence-electron chi connectivity index (χ1n) is 14.0. The van der Waals surface area contributed by atoms with Crippen LogP contribution in [-0.2, 0) is 26.2 Å². The summed E-state index contributed by atoms with van der Waals surface area (Å²) in [6, 6.07) is 16.1. The van der Waals surface area contributed by atoms with E-state index in [2.05, 4.69) is 5.32 Å². The number of hydrogen-bond donors (Lipinski definition) is 1. The van der Waals surface area contributed by atoms with Gasteiger partial charge in [-0.3, -0.25) is 13.9 Å². The van der Waals surface area contributed by atoms with Crippen LogP contribution < -0.4 is 14.4 Å². The molecule has 0 aromatic heterocycles. The largest absolute Gasteiger partial charge is 0.494 e. The number of nitrogens with zero attached hydrogens (tertiary/aromatic N) is 2. The summed E-state index contributed by atoms with van der Waals surface area (Å²) in [5, 5.41) is 3.96. The maximum Gasteiger partial charge on any atom is 0.264 e. The molecule has 0 radical (unpaired) electrons. The van der Waals surface area contributed by atoms with Gasteiger partial charge in [0.05, 0.1) is 27.2 Å². The van der Waals surface area contributed by atoms with E-state index < -0.39 is 28.5 Å². The number of halogens is 3. The van der Waals surface area contributed by atoms with Gasteiger partial charge in [0, 0.05) is 17.6 Å². The van der Waals surface area contributed by atoms with Crippen LogP contribution in [0, 0.1) is 0 Å². The van der Waals surface area contributed by atoms with E-state index in [1.54, 1.807) is 49.4 Å². The van der Waals surface area contributed by atoms with E-state index in [0.29, 0.717) is 45.8 Å². The van der Waals surface area contributed by atoms with Crippen LogP contribution in [-0.4, -0.2) is 50.4 Å². The fourth-order valence-electron chi connectivity index (χ4n) is 4.33. The van der Waals surface area contributed by atoms with Crippen molar-refractivity contribution in [3.63, 3.8) is 0 Å². The summed E-state index contributed by atoms with van der Waals surface area (Å²) in [5.74, 6) is -0.363. The van der Waals surface area contributed by atoms with Crippen molar-refractivity contribution in [1.29, 1.82) is 0 Å². The molecule has 12 heteroatoms. The average molecular weight is 669 g/mol. The van der Waals surface area contributed by atoms with Crippen LogP contribution in [0.1, 0.15) is 46.1 Å². The number of carbonyl (C=O) groups excluding carboxylic acids is 2. The average Bonchev–Trinajstić information content (AvgIpc) is 2.98. The molecular weight excluding hydrogens is 633 g/mol. The van der Waals surface area contributed by atoms with Gasteiger partial charge < -0.3 is 15.0 Å². The predicted molar refractivity (Wildman–Crippen MR) is 173 cm³/mol. The molecule has 43 heavy (non-hydrogen) atoms. The summed E-state index contributed by atoms with van der Waals surface area (Å²) in [7, 11) is -4.24. The third-order valence-corrected chi connectivity index (χ3v) is 9.62. The molecule has 0 aliphatic heterocycles. The van der Waals surface area contributed by atoms with Gasteiger partial charge in [0.1, 0.15) is 18.3 Å². The fraction of sp³-hybridized carbons (Fsp3) is 0.355. The van der Waals surface area contributed by atoms with Crippen molar-refractivity contribution in [2.24, 2.45) is 0 Å². The molecule has 0 unspecified atom stereocenters. The Morgan fingerprint density at radius 3 is 2.09 bits per heavy atom. The Labute approximate surface area is 268 Å². The van der Waals surface area contributed by atoms with Gasteiger partial charge in [0.2, 0.25) is 11.8 Å². The van der Waals surface area contributed by atoms with Crippen LogP contribution >= 0.6 is 34.8 Å². The molecule has 0 spiro atoms. The maximum atomic E-state index is 14.2. The van der Waals surface area contributed by atoms with E-state index >= 15 is 0 Å². The first-order chi connectivity index (χ1) is 20.4. The minimum atomic E-state index is -4.24. The first-order valence-corrected chi connectivity index (χ1v) is 16.5. The van der Waals surface area contributed by atoms with Crippen molar-refractivity contribution in [2.45, 2.75) is 64.1 Å². The van der Waals surface area contributed by atoms with Crippen molar-refractivity contribution < 1.29 is 22.7 Å². The Hall–Kier alpha value is -2.98. The smallest absolute Gasteiger partial charge is 0.264 e. The zero-order chi connectivity index (χ0) is 31.7. The third kappa shape index (κ3) is 9.01. The van der Waals surface area contributed by atoms with Crippen molar-refractivity contribution in [2.75, 3.05) is 17.5 Å². The second-order valence-corrected chi connectivity index (χ2v) is 13.0. The molecule has 2 atom stereocenters. The van der Waals surface area contributed by atoms with Gasteiger partial charge >= 0.3 is 0 Å². The molecule has 0 heterocycles. The van der Waals surface area contributed by atoms with Gasteiger partial charge in [-0.1, -0.05) is 54.7 Å². The Bertz CT molecular complexity index is 1500. The highest BCUT2D eigenvalue weighted by molar-refractivity contribution is 7.92. The van der Waals surface area contributed by atoms with Crippen LogP contribution in [0.5, 0.6) is 5.75 Å². The molecule has 232 valence electrons. The number of benzene rings is 3. The van der Waals surface area contributed by atoms with Gasteiger partial charge in [0.15, 0.2) is 0 Å². The fourth-order valence-corrected chi connectivity index (χ4v) is 6.19. The highest BCUT2D eigenvalue weighted by Gasteiger charge is 2.34. The molecule has 0 saturated carbocycles. The maximum absolute atomic E-state index is 14.2. The zero-order valence-corrected chi connectivity index (χ0v) is 27.6. The lowest BCUT2D eigenvalue weighted by molar-refractivity contribution is -0.140. The van der Waals surface area contributed by atoms with E-state index in [-0.39, 0.29) is 29.1 Å². The molecule has 0 aliphatic carbocycles. The van der Waals surface area contributed by atoms with Crippen LogP contribution in [0.15, 0.2) is 71.6 Å². The minimum Gasteiger partial charge on any atom is -0.494 e. The number of carbonyl (C=O) groups is 2. The van der Waals surface area contributed by atoms with E-state index in [0.717, 1.165) is 4.31 Å². The summed E-state index contributed by atoms with van der Waals surface area (Å²) < 4.78 is 34.5. The normalized spacial score (nSPS) is 12.7. The van der Waals surface area contributed by atoms with E-state index in [1.165, 1.54) is 29.2 Å². The van der Waals surface area contributed by atoms with Gasteiger partial charge in [-0.15, -0.1) is 0 Å². The first kappa shape index (κ1) is 34.5. The molecule has 0 saturated heterocycles. The molecule has 1 N–H and O–H groups in total. The molecule has 2 amide bonds. The number of hydrogen-bond acceptors (Lipinski definition) is 5. The Morgan fingerprint density at radius 2 is 1.53 bits per heavy atom. The van der Waals surface area contributed by atoms with E-state index in [9.17, 15) is 18.0 Å². The molecule has 3 aromatic carbocycles. The lowest BCUT2D eigenvalue weighted by atomic mass is 10.1. The molecule has 3 aromatic rings. The standard InChI is InChI=1S/C31H36Cl3N3O5S/c1-5-21(4)35-31(39)29(6-2)36(19-22-8-17-27(33)28(34)18-22)30(38)20-37(24-11-13-25(14-12-24)42-7-3)43(40,41)26-15-9-23(32)10-16-26/h8-18,21,29H,5-7,19-20H2,1-4H3,(H,35,39)/t21-,29-/m0/s1. The Morgan fingerprint density at radius 1 is 0.884 bits per heavy atom. The molecule has 0 aliphatic rings. The van der Waals surface area contributed by atoms with E-state index in [1.807, 2.05) is 20.8 Å². The van der Waals surface area contributed by atoms with Crippen LogP contribution in [0.4, 0.5) is 5.69 Å². The summed E-state index contributed by atoms with van der Waals surface area (Å²) >= 11 is 18.4. The monoisotopic (exact) mass is 667 g/mol.